The van der Waals surface area contributed by atoms with Gasteiger partial charge in [-0.2, -0.15) is 4.31 Å². The Labute approximate surface area is 146 Å². The molecule has 136 valence electrons. The fourth-order valence-corrected chi connectivity index (χ4v) is 4.11. The second kappa shape index (κ2) is 9.79. The molecular formula is C18H30N2O3S. The molecule has 0 fully saturated rings. The van der Waals surface area contributed by atoms with E-state index >= 15 is 0 Å². The van der Waals surface area contributed by atoms with Crippen LogP contribution in [0.25, 0.3) is 0 Å². The number of hydrogen-bond acceptors (Lipinski definition) is 3. The van der Waals surface area contributed by atoms with Crippen molar-refractivity contribution in [2.24, 2.45) is 0 Å². The van der Waals surface area contributed by atoms with Gasteiger partial charge >= 0.3 is 0 Å². The molecule has 0 aromatic heterocycles. The Morgan fingerprint density at radius 2 is 1.71 bits per heavy atom. The number of carbonyl (C=O) groups is 1. The quantitative estimate of drug-likeness (QED) is 0.702. The number of carbonyl (C=O) groups excluding carboxylic acids is 1. The van der Waals surface area contributed by atoms with E-state index in [2.05, 4.69) is 12.2 Å². The smallest absolute Gasteiger partial charge is 0.243 e. The van der Waals surface area contributed by atoms with Gasteiger partial charge in [0.1, 0.15) is 0 Å². The monoisotopic (exact) mass is 354 g/mol. The first-order valence-corrected chi connectivity index (χ1v) is 10.2. The van der Waals surface area contributed by atoms with Gasteiger partial charge in [-0.1, -0.05) is 39.3 Å². The molecule has 24 heavy (non-hydrogen) atoms. The fourth-order valence-electron chi connectivity index (χ4n) is 2.65. The van der Waals surface area contributed by atoms with E-state index in [0.717, 1.165) is 18.4 Å². The summed E-state index contributed by atoms with van der Waals surface area (Å²) in [7, 11) is -3.42. The summed E-state index contributed by atoms with van der Waals surface area (Å²) in [5.41, 5.74) is 0.965. The molecule has 1 atom stereocenters. The average molecular weight is 355 g/mol. The Hall–Kier alpha value is -1.40. The SMILES string of the molecule is CCC[C@@H](C)NC(=O)CCc1ccc(S(=O)(=O)N(CC)CC)cc1. The van der Waals surface area contributed by atoms with E-state index in [9.17, 15) is 13.2 Å². The number of rotatable bonds is 10. The third-order valence-corrected chi connectivity index (χ3v) is 6.10. The first-order valence-electron chi connectivity index (χ1n) is 8.73. The van der Waals surface area contributed by atoms with Crippen molar-refractivity contribution >= 4 is 15.9 Å². The summed E-state index contributed by atoms with van der Waals surface area (Å²) >= 11 is 0. The molecule has 0 spiro atoms. The van der Waals surface area contributed by atoms with Crippen molar-refractivity contribution in [3.05, 3.63) is 29.8 Å². The number of hydrogen-bond donors (Lipinski definition) is 1. The van der Waals surface area contributed by atoms with Crippen molar-refractivity contribution in [1.82, 2.24) is 9.62 Å². The van der Waals surface area contributed by atoms with Crippen LogP contribution in [-0.4, -0.2) is 37.8 Å². The summed E-state index contributed by atoms with van der Waals surface area (Å²) in [5.74, 6) is 0.0378. The summed E-state index contributed by atoms with van der Waals surface area (Å²) in [6.45, 7) is 8.67. The van der Waals surface area contributed by atoms with E-state index in [-0.39, 0.29) is 11.9 Å². The van der Waals surface area contributed by atoms with Crippen molar-refractivity contribution < 1.29 is 13.2 Å². The molecule has 0 aliphatic rings. The lowest BCUT2D eigenvalue weighted by atomic mass is 10.1. The van der Waals surface area contributed by atoms with Crippen LogP contribution < -0.4 is 5.32 Å². The van der Waals surface area contributed by atoms with Crippen LogP contribution in [0.5, 0.6) is 0 Å². The molecule has 0 heterocycles. The zero-order valence-electron chi connectivity index (χ0n) is 15.2. The highest BCUT2D eigenvalue weighted by atomic mass is 32.2. The van der Waals surface area contributed by atoms with Gasteiger partial charge in [0, 0.05) is 25.6 Å². The second-order valence-corrected chi connectivity index (χ2v) is 7.93. The maximum absolute atomic E-state index is 12.4. The highest BCUT2D eigenvalue weighted by molar-refractivity contribution is 7.89. The lowest BCUT2D eigenvalue weighted by Crippen LogP contribution is -2.32. The van der Waals surface area contributed by atoms with Gasteiger partial charge in [-0.15, -0.1) is 0 Å². The molecule has 1 N–H and O–H groups in total. The minimum atomic E-state index is -3.42. The Morgan fingerprint density at radius 1 is 1.12 bits per heavy atom. The third-order valence-electron chi connectivity index (χ3n) is 4.04. The van der Waals surface area contributed by atoms with Crippen LogP contribution in [0.1, 0.15) is 52.5 Å². The van der Waals surface area contributed by atoms with Crippen LogP contribution >= 0.6 is 0 Å². The lowest BCUT2D eigenvalue weighted by molar-refractivity contribution is -0.121. The van der Waals surface area contributed by atoms with Gasteiger partial charge in [-0.3, -0.25) is 4.79 Å². The van der Waals surface area contributed by atoms with E-state index in [1.807, 2.05) is 20.8 Å². The maximum Gasteiger partial charge on any atom is 0.243 e. The summed E-state index contributed by atoms with van der Waals surface area (Å²) in [6.07, 6.45) is 3.04. The van der Waals surface area contributed by atoms with Crippen LogP contribution in [0.2, 0.25) is 0 Å². The number of nitrogens with zero attached hydrogens (tertiary/aromatic N) is 1. The molecule has 1 aromatic carbocycles. The summed E-state index contributed by atoms with van der Waals surface area (Å²) in [6, 6.07) is 7.03. The topological polar surface area (TPSA) is 66.5 Å². The van der Waals surface area contributed by atoms with E-state index in [4.69, 9.17) is 0 Å². The number of amides is 1. The van der Waals surface area contributed by atoms with Crippen molar-refractivity contribution in [2.45, 2.75) is 64.3 Å². The first kappa shape index (κ1) is 20.6. The standard InChI is InChI=1S/C18H30N2O3S/c1-5-8-15(4)19-18(21)14-11-16-9-12-17(13-10-16)24(22,23)20(6-2)7-3/h9-10,12-13,15H,5-8,11,14H2,1-4H3,(H,19,21)/t15-/m1/s1. The van der Waals surface area contributed by atoms with E-state index < -0.39 is 10.0 Å². The highest BCUT2D eigenvalue weighted by Crippen LogP contribution is 2.16. The normalized spacial score (nSPS) is 13.0. The molecule has 0 bridgehead atoms. The molecule has 0 aliphatic heterocycles. The maximum atomic E-state index is 12.4. The summed E-state index contributed by atoms with van der Waals surface area (Å²) < 4.78 is 26.3. The van der Waals surface area contributed by atoms with Gasteiger partial charge in [0.25, 0.3) is 0 Å². The zero-order chi connectivity index (χ0) is 18.2. The Kier molecular flexibility index (Phi) is 8.42. The van der Waals surface area contributed by atoms with Crippen LogP contribution in [-0.2, 0) is 21.2 Å². The first-order chi connectivity index (χ1) is 11.3. The lowest BCUT2D eigenvalue weighted by Gasteiger charge is -2.18. The van der Waals surface area contributed by atoms with Crippen molar-refractivity contribution in [1.29, 1.82) is 0 Å². The molecule has 6 heteroatoms. The molecule has 0 saturated heterocycles. The number of aryl methyl sites for hydroxylation is 1. The zero-order valence-corrected chi connectivity index (χ0v) is 16.0. The predicted octanol–water partition coefficient (Wildman–Crippen LogP) is 2.95. The molecule has 1 amide bonds. The van der Waals surface area contributed by atoms with Crippen molar-refractivity contribution in [2.75, 3.05) is 13.1 Å². The number of nitrogens with one attached hydrogen (secondary N) is 1. The molecule has 0 aliphatic carbocycles. The van der Waals surface area contributed by atoms with Crippen LogP contribution in [0, 0.1) is 0 Å². The van der Waals surface area contributed by atoms with E-state index in [0.29, 0.717) is 30.8 Å². The van der Waals surface area contributed by atoms with Crippen LogP contribution in [0.3, 0.4) is 0 Å². The molecule has 1 rings (SSSR count). The second-order valence-electron chi connectivity index (χ2n) is 5.99. The molecule has 5 nitrogen and oxygen atoms in total. The molecular weight excluding hydrogens is 324 g/mol. The van der Waals surface area contributed by atoms with Gasteiger partial charge in [-0.05, 0) is 37.5 Å². The van der Waals surface area contributed by atoms with Crippen LogP contribution in [0.15, 0.2) is 29.2 Å². The molecule has 1 aromatic rings. The molecule has 0 saturated carbocycles. The summed E-state index contributed by atoms with van der Waals surface area (Å²) in [4.78, 5) is 12.2. The van der Waals surface area contributed by atoms with E-state index in [1.165, 1.54) is 4.31 Å². The fraction of sp³-hybridized carbons (Fsp3) is 0.611. The van der Waals surface area contributed by atoms with E-state index in [1.54, 1.807) is 24.3 Å². The Balaban J connectivity index is 2.64. The average Bonchev–Trinajstić information content (AvgIpc) is 2.54. The van der Waals surface area contributed by atoms with Gasteiger partial charge in [0.2, 0.25) is 15.9 Å². The predicted molar refractivity (Wildman–Crippen MR) is 97.4 cm³/mol. The largest absolute Gasteiger partial charge is 0.354 e. The van der Waals surface area contributed by atoms with Gasteiger partial charge in [-0.25, -0.2) is 8.42 Å². The number of sulfonamides is 1. The molecule has 0 radical (unpaired) electrons. The molecule has 0 unspecified atom stereocenters. The minimum absolute atomic E-state index is 0.0378. The van der Waals surface area contributed by atoms with Gasteiger partial charge in [0.15, 0.2) is 0 Å². The Morgan fingerprint density at radius 3 is 2.21 bits per heavy atom. The van der Waals surface area contributed by atoms with Gasteiger partial charge < -0.3 is 5.32 Å². The van der Waals surface area contributed by atoms with Gasteiger partial charge in [0.05, 0.1) is 4.90 Å². The van der Waals surface area contributed by atoms with Crippen molar-refractivity contribution in [3.63, 3.8) is 0 Å². The number of benzene rings is 1. The summed E-state index contributed by atoms with van der Waals surface area (Å²) in [5, 5.41) is 2.98. The Bertz CT molecular complexity index is 608. The third kappa shape index (κ3) is 5.91. The highest BCUT2D eigenvalue weighted by Gasteiger charge is 2.21. The van der Waals surface area contributed by atoms with Crippen LogP contribution in [0.4, 0.5) is 0 Å². The minimum Gasteiger partial charge on any atom is -0.354 e. The van der Waals surface area contributed by atoms with Crippen molar-refractivity contribution in [3.8, 4) is 0 Å².